The third-order valence-corrected chi connectivity index (χ3v) is 5.13. The summed E-state index contributed by atoms with van der Waals surface area (Å²) in [5.74, 6) is 1.27. The third kappa shape index (κ3) is 3.95. The van der Waals surface area contributed by atoms with Gasteiger partial charge < -0.3 is 16.2 Å². The highest BCUT2D eigenvalue weighted by molar-refractivity contribution is 5.88. The van der Waals surface area contributed by atoms with Gasteiger partial charge in [0.2, 0.25) is 0 Å². The Labute approximate surface area is 175 Å². The molecule has 148 valence electrons. The highest BCUT2D eigenvalue weighted by Crippen LogP contribution is 2.30. The van der Waals surface area contributed by atoms with Crippen LogP contribution in [0.25, 0.3) is 22.0 Å². The zero-order valence-corrected chi connectivity index (χ0v) is 16.7. The van der Waals surface area contributed by atoms with Crippen molar-refractivity contribution >= 4 is 16.7 Å². The monoisotopic (exact) mass is 394 g/mol. The molecule has 4 rings (SSSR count). The molecular formula is C25H22N4O. The van der Waals surface area contributed by atoms with E-state index in [0.29, 0.717) is 24.5 Å². The zero-order chi connectivity index (χ0) is 21.1. The second-order valence-electron chi connectivity index (χ2n) is 7.22. The van der Waals surface area contributed by atoms with Gasteiger partial charge >= 0.3 is 0 Å². The molecule has 3 aromatic carbocycles. The molecule has 1 heterocycles. The van der Waals surface area contributed by atoms with E-state index in [9.17, 15) is 0 Å². The van der Waals surface area contributed by atoms with E-state index in [2.05, 4.69) is 29.3 Å². The summed E-state index contributed by atoms with van der Waals surface area (Å²) >= 11 is 0. The lowest BCUT2D eigenvalue weighted by atomic mass is 9.99. The number of rotatable bonds is 5. The van der Waals surface area contributed by atoms with Gasteiger partial charge in [-0.15, -0.1) is 0 Å². The normalized spacial score (nSPS) is 10.7. The van der Waals surface area contributed by atoms with Crippen LogP contribution in [0.3, 0.4) is 0 Å². The minimum Gasteiger partial charge on any atom is -0.489 e. The molecule has 30 heavy (non-hydrogen) atoms. The molecule has 0 aliphatic rings. The summed E-state index contributed by atoms with van der Waals surface area (Å²) in [7, 11) is 0. The molecule has 0 amide bonds. The number of aromatic nitrogens is 1. The number of pyridine rings is 1. The van der Waals surface area contributed by atoms with Crippen LogP contribution in [-0.4, -0.2) is 4.98 Å². The summed E-state index contributed by atoms with van der Waals surface area (Å²) in [6.45, 7) is 2.82. The Bertz CT molecular complexity index is 1260. The van der Waals surface area contributed by atoms with Gasteiger partial charge in [-0.3, -0.25) is 0 Å². The third-order valence-electron chi connectivity index (χ3n) is 5.13. The molecule has 5 nitrogen and oxygen atoms in total. The highest BCUT2D eigenvalue weighted by atomic mass is 16.5. The molecule has 0 aliphatic heterocycles. The predicted octanol–water partition coefficient (Wildman–Crippen LogP) is 4.70. The number of ether oxygens (including phenoxy) is 1. The molecule has 0 saturated carbocycles. The van der Waals surface area contributed by atoms with Crippen molar-refractivity contribution in [3.8, 4) is 22.9 Å². The molecule has 0 spiro atoms. The standard InChI is InChI=1S/C25H22N4O/c1-16-10-25(28)29-23-12-20(6-8-22(16)23)19-7-9-24(21(11-19)14-27)30-15-18-4-2-17(13-26)3-5-18/h2-12H,14-15,27H2,1H3,(H2,28,29). The highest BCUT2D eigenvalue weighted by Gasteiger charge is 2.09. The number of aryl methyl sites for hydroxylation is 1. The average Bonchev–Trinajstić information content (AvgIpc) is 2.77. The first-order valence-electron chi connectivity index (χ1n) is 9.69. The van der Waals surface area contributed by atoms with E-state index in [1.165, 1.54) is 0 Å². The van der Waals surface area contributed by atoms with Crippen molar-refractivity contribution < 1.29 is 4.74 Å². The molecule has 1 aromatic heterocycles. The van der Waals surface area contributed by atoms with Crippen molar-refractivity contribution in [2.45, 2.75) is 20.1 Å². The first kappa shape index (κ1) is 19.4. The van der Waals surface area contributed by atoms with Gasteiger partial charge in [-0.2, -0.15) is 5.26 Å². The molecule has 5 heteroatoms. The van der Waals surface area contributed by atoms with Gasteiger partial charge in [0.1, 0.15) is 18.2 Å². The van der Waals surface area contributed by atoms with Crippen LogP contribution < -0.4 is 16.2 Å². The van der Waals surface area contributed by atoms with Crippen LogP contribution in [0.2, 0.25) is 0 Å². The summed E-state index contributed by atoms with van der Waals surface area (Å²) in [6.07, 6.45) is 0. The molecule has 0 saturated heterocycles. The van der Waals surface area contributed by atoms with Crippen molar-refractivity contribution in [1.82, 2.24) is 4.98 Å². The van der Waals surface area contributed by atoms with Crippen LogP contribution in [-0.2, 0) is 13.2 Å². The molecule has 4 N–H and O–H groups in total. The van der Waals surface area contributed by atoms with E-state index >= 15 is 0 Å². The van der Waals surface area contributed by atoms with Crippen LogP contribution in [0.5, 0.6) is 5.75 Å². The molecule has 0 atom stereocenters. The number of benzene rings is 3. The van der Waals surface area contributed by atoms with Gasteiger partial charge in [-0.25, -0.2) is 4.98 Å². The molecular weight excluding hydrogens is 372 g/mol. The van der Waals surface area contributed by atoms with E-state index in [0.717, 1.165) is 44.5 Å². The van der Waals surface area contributed by atoms with E-state index in [1.54, 1.807) is 12.1 Å². The Kier molecular flexibility index (Phi) is 5.34. The van der Waals surface area contributed by atoms with Crippen molar-refractivity contribution in [3.05, 3.63) is 89.0 Å². The summed E-state index contributed by atoms with van der Waals surface area (Å²) in [4.78, 5) is 4.47. The number of nitriles is 1. The largest absolute Gasteiger partial charge is 0.489 e. The summed E-state index contributed by atoms with van der Waals surface area (Å²) in [5.41, 5.74) is 18.5. The average molecular weight is 394 g/mol. The molecule has 0 unspecified atom stereocenters. The topological polar surface area (TPSA) is 98.0 Å². The number of anilines is 1. The van der Waals surface area contributed by atoms with Crippen molar-refractivity contribution in [1.29, 1.82) is 5.26 Å². The number of fused-ring (bicyclic) bond motifs is 1. The fraction of sp³-hybridized carbons (Fsp3) is 0.120. The fourth-order valence-corrected chi connectivity index (χ4v) is 3.50. The van der Waals surface area contributed by atoms with Crippen molar-refractivity contribution in [3.63, 3.8) is 0 Å². The maximum Gasteiger partial charge on any atom is 0.124 e. The number of nitrogens with zero attached hydrogens (tertiary/aromatic N) is 2. The second-order valence-corrected chi connectivity index (χ2v) is 7.22. The summed E-state index contributed by atoms with van der Waals surface area (Å²) in [6, 6.07) is 23.6. The molecule has 0 bridgehead atoms. The van der Waals surface area contributed by atoms with E-state index in [1.807, 2.05) is 43.3 Å². The van der Waals surface area contributed by atoms with Gasteiger partial charge in [-0.05, 0) is 65.6 Å². The lowest BCUT2D eigenvalue weighted by Gasteiger charge is -2.13. The smallest absolute Gasteiger partial charge is 0.124 e. The lowest BCUT2D eigenvalue weighted by molar-refractivity contribution is 0.303. The van der Waals surface area contributed by atoms with Gasteiger partial charge in [0.15, 0.2) is 0 Å². The van der Waals surface area contributed by atoms with Gasteiger partial charge in [0, 0.05) is 17.5 Å². The van der Waals surface area contributed by atoms with Crippen LogP contribution in [0.15, 0.2) is 66.7 Å². The molecule has 0 aliphatic carbocycles. The number of hydrogen-bond donors (Lipinski definition) is 2. The van der Waals surface area contributed by atoms with Gasteiger partial charge in [0.05, 0.1) is 17.1 Å². The SMILES string of the molecule is Cc1cc(N)nc2cc(-c3ccc(OCc4ccc(C#N)cc4)c(CN)c3)ccc12. The first-order chi connectivity index (χ1) is 14.6. The minimum absolute atomic E-state index is 0.369. The molecule has 0 radical (unpaired) electrons. The van der Waals surface area contributed by atoms with Gasteiger partial charge in [0.25, 0.3) is 0 Å². The minimum atomic E-state index is 0.369. The molecule has 4 aromatic rings. The second kappa shape index (κ2) is 8.24. The quantitative estimate of drug-likeness (QED) is 0.511. The zero-order valence-electron chi connectivity index (χ0n) is 16.7. The molecule has 0 fully saturated rings. The fourth-order valence-electron chi connectivity index (χ4n) is 3.50. The number of nitrogen functional groups attached to an aromatic ring is 1. The van der Waals surface area contributed by atoms with E-state index < -0.39 is 0 Å². The number of nitrogens with two attached hydrogens (primary N) is 2. The first-order valence-corrected chi connectivity index (χ1v) is 9.69. The Morgan fingerprint density at radius 3 is 2.43 bits per heavy atom. The summed E-state index contributed by atoms with van der Waals surface area (Å²) in [5, 5.41) is 10.00. The van der Waals surface area contributed by atoms with Crippen molar-refractivity contribution in [2.75, 3.05) is 5.73 Å². The Balaban J connectivity index is 1.60. The Hall–Kier alpha value is -3.88. The lowest BCUT2D eigenvalue weighted by Crippen LogP contribution is -2.03. The van der Waals surface area contributed by atoms with Gasteiger partial charge in [-0.1, -0.05) is 30.3 Å². The van der Waals surface area contributed by atoms with Crippen LogP contribution >= 0.6 is 0 Å². The van der Waals surface area contributed by atoms with E-state index in [4.69, 9.17) is 21.5 Å². The Morgan fingerprint density at radius 2 is 1.70 bits per heavy atom. The van der Waals surface area contributed by atoms with Crippen molar-refractivity contribution in [2.24, 2.45) is 5.73 Å². The Morgan fingerprint density at radius 1 is 0.967 bits per heavy atom. The van der Waals surface area contributed by atoms with Crippen LogP contribution in [0.1, 0.15) is 22.3 Å². The van der Waals surface area contributed by atoms with Crippen LogP contribution in [0.4, 0.5) is 5.82 Å². The predicted molar refractivity (Wildman–Crippen MR) is 120 cm³/mol. The number of hydrogen-bond acceptors (Lipinski definition) is 5. The van der Waals surface area contributed by atoms with E-state index in [-0.39, 0.29) is 0 Å². The maximum atomic E-state index is 8.90. The maximum absolute atomic E-state index is 8.90. The van der Waals surface area contributed by atoms with Crippen LogP contribution in [0, 0.1) is 18.3 Å². The summed E-state index contributed by atoms with van der Waals surface area (Å²) < 4.78 is 5.99.